The Morgan fingerprint density at radius 2 is 1.73 bits per heavy atom. The van der Waals surface area contributed by atoms with E-state index in [0.29, 0.717) is 6.04 Å². The number of allylic oxidation sites excluding steroid dienone is 4. The average molecular weight is 149 g/mol. The molecule has 0 aromatic carbocycles. The predicted octanol–water partition coefficient (Wildman–Crippen LogP) is 1.86. The first-order valence-electron chi connectivity index (χ1n) is 4.47. The van der Waals surface area contributed by atoms with Gasteiger partial charge in [0.2, 0.25) is 0 Å². The quantitative estimate of drug-likeness (QED) is 0.559. The second-order valence-corrected chi connectivity index (χ2v) is 3.67. The van der Waals surface area contributed by atoms with Crippen molar-refractivity contribution in [1.82, 2.24) is 0 Å². The van der Waals surface area contributed by atoms with Crippen molar-refractivity contribution in [3.05, 3.63) is 24.3 Å². The van der Waals surface area contributed by atoms with Crippen molar-refractivity contribution in [1.29, 1.82) is 0 Å². The molecule has 0 aliphatic heterocycles. The van der Waals surface area contributed by atoms with Crippen LogP contribution < -0.4 is 5.73 Å². The van der Waals surface area contributed by atoms with Crippen molar-refractivity contribution in [2.45, 2.75) is 25.3 Å². The topological polar surface area (TPSA) is 26.0 Å². The largest absolute Gasteiger partial charge is 0.328 e. The monoisotopic (exact) mass is 149 g/mol. The lowest BCUT2D eigenvalue weighted by molar-refractivity contribution is 0.302. The van der Waals surface area contributed by atoms with Crippen molar-refractivity contribution in [3.63, 3.8) is 0 Å². The van der Waals surface area contributed by atoms with Gasteiger partial charge in [0.05, 0.1) is 0 Å². The summed E-state index contributed by atoms with van der Waals surface area (Å²) >= 11 is 0. The molecule has 0 aromatic heterocycles. The zero-order valence-electron chi connectivity index (χ0n) is 6.74. The average Bonchev–Trinajstić information content (AvgIpc) is 2.04. The lowest BCUT2D eigenvalue weighted by Crippen LogP contribution is -2.32. The molecular formula is C10H15N. The fourth-order valence-electron chi connectivity index (χ4n) is 2.14. The molecule has 0 aromatic rings. The summed E-state index contributed by atoms with van der Waals surface area (Å²) in [6.45, 7) is 0. The Kier molecular flexibility index (Phi) is 1.82. The van der Waals surface area contributed by atoms with Crippen LogP contribution in [0.4, 0.5) is 0 Å². The first-order chi connectivity index (χ1) is 5.36. The minimum absolute atomic E-state index is 0.451. The molecule has 0 saturated heterocycles. The van der Waals surface area contributed by atoms with Crippen LogP contribution in [0.25, 0.3) is 0 Å². The molecule has 2 rings (SSSR count). The number of nitrogens with two attached hydrogens (primary N) is 1. The van der Waals surface area contributed by atoms with Gasteiger partial charge in [-0.05, 0) is 31.1 Å². The van der Waals surface area contributed by atoms with E-state index in [0.717, 1.165) is 11.8 Å². The third kappa shape index (κ3) is 1.38. The maximum Gasteiger partial charge on any atom is 0.00448 e. The highest BCUT2D eigenvalue weighted by atomic mass is 14.6. The molecule has 0 heterocycles. The third-order valence-electron chi connectivity index (χ3n) is 2.82. The molecule has 11 heavy (non-hydrogen) atoms. The number of hydrogen-bond donors (Lipinski definition) is 1. The Morgan fingerprint density at radius 3 is 2.55 bits per heavy atom. The molecule has 0 radical (unpaired) electrons. The van der Waals surface area contributed by atoms with Crippen molar-refractivity contribution in [3.8, 4) is 0 Å². The molecule has 2 aliphatic rings. The second-order valence-electron chi connectivity index (χ2n) is 3.67. The SMILES string of the molecule is N[C@H]1CCC2C=CC=CC2C1. The van der Waals surface area contributed by atoms with Gasteiger partial charge >= 0.3 is 0 Å². The smallest absolute Gasteiger partial charge is 0.00448 e. The van der Waals surface area contributed by atoms with Gasteiger partial charge in [-0.15, -0.1) is 0 Å². The number of fused-ring (bicyclic) bond motifs is 1. The minimum Gasteiger partial charge on any atom is -0.328 e. The molecular weight excluding hydrogens is 134 g/mol. The molecule has 2 N–H and O–H groups in total. The van der Waals surface area contributed by atoms with E-state index < -0.39 is 0 Å². The lowest BCUT2D eigenvalue weighted by atomic mass is 9.75. The van der Waals surface area contributed by atoms with Gasteiger partial charge in [0.25, 0.3) is 0 Å². The summed E-state index contributed by atoms with van der Waals surface area (Å²) < 4.78 is 0. The molecule has 1 nitrogen and oxygen atoms in total. The summed E-state index contributed by atoms with van der Waals surface area (Å²) in [5, 5.41) is 0. The lowest BCUT2D eigenvalue weighted by Gasteiger charge is -2.32. The van der Waals surface area contributed by atoms with Gasteiger partial charge < -0.3 is 5.73 Å². The Hall–Kier alpha value is -0.560. The Balaban J connectivity index is 2.07. The summed E-state index contributed by atoms with van der Waals surface area (Å²) in [6, 6.07) is 0.451. The second kappa shape index (κ2) is 2.82. The van der Waals surface area contributed by atoms with Crippen LogP contribution in [0.1, 0.15) is 19.3 Å². The van der Waals surface area contributed by atoms with Crippen LogP contribution >= 0.6 is 0 Å². The van der Waals surface area contributed by atoms with Gasteiger partial charge in [-0.1, -0.05) is 24.3 Å². The van der Waals surface area contributed by atoms with Gasteiger partial charge in [0.1, 0.15) is 0 Å². The third-order valence-corrected chi connectivity index (χ3v) is 2.82. The van der Waals surface area contributed by atoms with Gasteiger partial charge in [-0.3, -0.25) is 0 Å². The van der Waals surface area contributed by atoms with Crippen molar-refractivity contribution in [2.24, 2.45) is 17.6 Å². The maximum atomic E-state index is 5.88. The van der Waals surface area contributed by atoms with Crippen LogP contribution in [-0.4, -0.2) is 6.04 Å². The molecule has 1 saturated carbocycles. The highest BCUT2D eigenvalue weighted by Gasteiger charge is 2.25. The van der Waals surface area contributed by atoms with E-state index in [4.69, 9.17) is 5.73 Å². The standard InChI is InChI=1S/C10H15N/c11-10-6-5-8-3-1-2-4-9(8)7-10/h1-4,8-10H,5-7,11H2/t8?,9?,10-/m0/s1. The molecule has 60 valence electrons. The summed E-state index contributed by atoms with van der Waals surface area (Å²) in [5.74, 6) is 1.53. The highest BCUT2D eigenvalue weighted by Crippen LogP contribution is 2.33. The molecule has 0 spiro atoms. The molecule has 1 heteroatoms. The summed E-state index contributed by atoms with van der Waals surface area (Å²) in [7, 11) is 0. The predicted molar refractivity (Wildman–Crippen MR) is 47.1 cm³/mol. The molecule has 2 aliphatic carbocycles. The van der Waals surface area contributed by atoms with E-state index in [2.05, 4.69) is 24.3 Å². The van der Waals surface area contributed by atoms with E-state index in [-0.39, 0.29) is 0 Å². The van der Waals surface area contributed by atoms with E-state index in [1.54, 1.807) is 0 Å². The van der Waals surface area contributed by atoms with Crippen molar-refractivity contribution >= 4 is 0 Å². The Bertz CT molecular complexity index is 193. The zero-order chi connectivity index (χ0) is 7.68. The van der Waals surface area contributed by atoms with Crippen LogP contribution in [0, 0.1) is 11.8 Å². The van der Waals surface area contributed by atoms with Crippen LogP contribution in [0.3, 0.4) is 0 Å². The van der Waals surface area contributed by atoms with Gasteiger partial charge in [-0.2, -0.15) is 0 Å². The van der Waals surface area contributed by atoms with Crippen LogP contribution in [0.2, 0.25) is 0 Å². The van der Waals surface area contributed by atoms with E-state index in [1.807, 2.05) is 0 Å². The molecule has 3 atom stereocenters. The van der Waals surface area contributed by atoms with Crippen molar-refractivity contribution in [2.75, 3.05) is 0 Å². The number of rotatable bonds is 0. The molecule has 0 bridgehead atoms. The van der Waals surface area contributed by atoms with Crippen molar-refractivity contribution < 1.29 is 0 Å². The van der Waals surface area contributed by atoms with Crippen LogP contribution in [0.15, 0.2) is 24.3 Å². The van der Waals surface area contributed by atoms with E-state index in [1.165, 1.54) is 19.3 Å². The van der Waals surface area contributed by atoms with Crippen LogP contribution in [-0.2, 0) is 0 Å². The Labute approximate surface area is 68.0 Å². The Morgan fingerprint density at radius 1 is 1.00 bits per heavy atom. The molecule has 1 fully saturated rings. The van der Waals surface area contributed by atoms with Gasteiger partial charge in [0.15, 0.2) is 0 Å². The van der Waals surface area contributed by atoms with Crippen LogP contribution in [0.5, 0.6) is 0 Å². The molecule has 0 amide bonds. The first kappa shape index (κ1) is 7.11. The highest BCUT2D eigenvalue weighted by molar-refractivity contribution is 5.15. The fraction of sp³-hybridized carbons (Fsp3) is 0.600. The summed E-state index contributed by atoms with van der Waals surface area (Å²) in [5.41, 5.74) is 5.88. The van der Waals surface area contributed by atoms with Gasteiger partial charge in [0, 0.05) is 6.04 Å². The fourth-order valence-corrected chi connectivity index (χ4v) is 2.14. The normalized spacial score (nSPS) is 42.1. The summed E-state index contributed by atoms with van der Waals surface area (Å²) in [4.78, 5) is 0. The van der Waals surface area contributed by atoms with Gasteiger partial charge in [-0.25, -0.2) is 0 Å². The molecule has 2 unspecified atom stereocenters. The van der Waals surface area contributed by atoms with E-state index in [9.17, 15) is 0 Å². The number of hydrogen-bond acceptors (Lipinski definition) is 1. The zero-order valence-corrected chi connectivity index (χ0v) is 6.74. The summed E-state index contributed by atoms with van der Waals surface area (Å²) in [6.07, 6.45) is 12.6. The minimum atomic E-state index is 0.451. The van der Waals surface area contributed by atoms with E-state index >= 15 is 0 Å². The maximum absolute atomic E-state index is 5.88. The first-order valence-corrected chi connectivity index (χ1v) is 4.47.